The molecule has 1 aromatic carbocycles. The highest BCUT2D eigenvalue weighted by atomic mass is 32.2. The lowest BCUT2D eigenvalue weighted by molar-refractivity contribution is -0.113. The van der Waals surface area contributed by atoms with Crippen LogP contribution in [0.5, 0.6) is 0 Å². The molecule has 2 N–H and O–H groups in total. The molecular weight excluding hydrogens is 328 g/mol. The third-order valence-electron chi connectivity index (χ3n) is 3.14. The van der Waals surface area contributed by atoms with Crippen LogP contribution in [0.1, 0.15) is 18.1 Å². The van der Waals surface area contributed by atoms with Crippen LogP contribution in [-0.4, -0.2) is 28.4 Å². The monoisotopic (exact) mass is 348 g/mol. The summed E-state index contributed by atoms with van der Waals surface area (Å²) in [5, 5.41) is 14.9. The van der Waals surface area contributed by atoms with Crippen molar-refractivity contribution in [1.29, 1.82) is 0 Å². The van der Waals surface area contributed by atoms with Crippen LogP contribution in [0.4, 0.5) is 10.8 Å². The van der Waals surface area contributed by atoms with Gasteiger partial charge in [-0.3, -0.25) is 4.79 Å². The molecule has 0 spiro atoms. The van der Waals surface area contributed by atoms with Gasteiger partial charge in [-0.1, -0.05) is 54.3 Å². The van der Waals surface area contributed by atoms with Crippen LogP contribution in [-0.2, 0) is 11.2 Å². The highest BCUT2D eigenvalue weighted by Gasteiger charge is 2.11. The Balaban J connectivity index is 1.90. The van der Waals surface area contributed by atoms with Crippen molar-refractivity contribution in [3.8, 4) is 0 Å². The fourth-order valence-corrected chi connectivity index (χ4v) is 3.56. The van der Waals surface area contributed by atoms with Crippen molar-refractivity contribution >= 4 is 39.8 Å². The molecule has 0 unspecified atom stereocenters. The SMILES string of the molecule is C=CCNc1nnc(SCC(=O)Nc2c(C)cccc2CC)s1. The predicted molar refractivity (Wildman–Crippen MR) is 98.5 cm³/mol. The van der Waals surface area contributed by atoms with Crippen LogP contribution in [0.15, 0.2) is 35.2 Å². The molecule has 0 fully saturated rings. The van der Waals surface area contributed by atoms with E-state index in [1.165, 1.54) is 23.1 Å². The summed E-state index contributed by atoms with van der Waals surface area (Å²) in [6.07, 6.45) is 2.65. The van der Waals surface area contributed by atoms with Gasteiger partial charge in [0.1, 0.15) is 0 Å². The first-order valence-corrected chi connectivity index (χ1v) is 9.13. The molecule has 1 aromatic heterocycles. The maximum absolute atomic E-state index is 12.2. The van der Waals surface area contributed by atoms with Gasteiger partial charge in [-0.15, -0.1) is 16.8 Å². The number of nitrogens with zero attached hydrogens (tertiary/aromatic N) is 2. The van der Waals surface area contributed by atoms with Crippen molar-refractivity contribution in [3.63, 3.8) is 0 Å². The Kier molecular flexibility index (Phi) is 6.61. The number of thioether (sulfide) groups is 1. The van der Waals surface area contributed by atoms with Gasteiger partial charge in [0.05, 0.1) is 5.75 Å². The largest absolute Gasteiger partial charge is 0.357 e. The van der Waals surface area contributed by atoms with Crippen molar-refractivity contribution in [2.45, 2.75) is 24.6 Å². The van der Waals surface area contributed by atoms with Crippen molar-refractivity contribution in [2.24, 2.45) is 0 Å². The number of hydrogen-bond acceptors (Lipinski definition) is 6. The molecule has 23 heavy (non-hydrogen) atoms. The van der Waals surface area contributed by atoms with E-state index in [0.717, 1.165) is 32.7 Å². The molecule has 1 amide bonds. The quantitative estimate of drug-likeness (QED) is 0.562. The normalized spacial score (nSPS) is 10.3. The molecule has 2 rings (SSSR count). The van der Waals surface area contributed by atoms with E-state index in [0.29, 0.717) is 12.3 Å². The Hall–Kier alpha value is -1.86. The summed E-state index contributed by atoms with van der Waals surface area (Å²) < 4.78 is 0.771. The number of benzene rings is 1. The second-order valence-electron chi connectivity index (χ2n) is 4.84. The second-order valence-corrected chi connectivity index (χ2v) is 7.04. The van der Waals surface area contributed by atoms with E-state index in [1.807, 2.05) is 25.1 Å². The average Bonchev–Trinajstić information content (AvgIpc) is 3.00. The van der Waals surface area contributed by atoms with Crippen LogP contribution in [0.3, 0.4) is 0 Å². The fourth-order valence-electron chi connectivity index (χ4n) is 2.00. The van der Waals surface area contributed by atoms with Gasteiger partial charge in [-0.05, 0) is 24.5 Å². The summed E-state index contributed by atoms with van der Waals surface area (Å²) in [6.45, 7) is 8.37. The number of aryl methyl sites for hydroxylation is 2. The zero-order valence-electron chi connectivity index (χ0n) is 13.3. The van der Waals surface area contributed by atoms with Crippen molar-refractivity contribution in [1.82, 2.24) is 10.2 Å². The molecule has 0 aliphatic rings. The Morgan fingerprint density at radius 3 is 3.00 bits per heavy atom. The van der Waals surface area contributed by atoms with E-state index < -0.39 is 0 Å². The molecular formula is C16H20N4OS2. The predicted octanol–water partition coefficient (Wildman–Crippen LogP) is 3.74. The van der Waals surface area contributed by atoms with E-state index in [9.17, 15) is 4.79 Å². The lowest BCUT2D eigenvalue weighted by atomic mass is 10.1. The van der Waals surface area contributed by atoms with E-state index in [4.69, 9.17) is 0 Å². The molecule has 7 heteroatoms. The summed E-state index contributed by atoms with van der Waals surface area (Å²) in [7, 11) is 0. The minimum Gasteiger partial charge on any atom is -0.357 e. The third kappa shape index (κ3) is 5.07. The van der Waals surface area contributed by atoms with Crippen LogP contribution in [0.2, 0.25) is 0 Å². The van der Waals surface area contributed by atoms with Gasteiger partial charge in [0.15, 0.2) is 4.34 Å². The molecule has 0 atom stereocenters. The highest BCUT2D eigenvalue weighted by Crippen LogP contribution is 2.26. The topological polar surface area (TPSA) is 66.9 Å². The molecule has 2 aromatic rings. The first kappa shape index (κ1) is 17.5. The molecule has 1 heterocycles. The molecule has 122 valence electrons. The Morgan fingerprint density at radius 1 is 1.43 bits per heavy atom. The molecule has 0 aliphatic heterocycles. The van der Waals surface area contributed by atoms with E-state index in [1.54, 1.807) is 6.08 Å². The number of aromatic nitrogens is 2. The summed E-state index contributed by atoms with van der Waals surface area (Å²) in [6, 6.07) is 6.06. The van der Waals surface area contributed by atoms with Gasteiger partial charge in [-0.25, -0.2) is 0 Å². The number of anilines is 2. The van der Waals surface area contributed by atoms with Gasteiger partial charge in [0, 0.05) is 12.2 Å². The molecule has 0 radical (unpaired) electrons. The molecule has 0 saturated carbocycles. The highest BCUT2D eigenvalue weighted by molar-refractivity contribution is 8.01. The number of nitrogens with one attached hydrogen (secondary N) is 2. The first-order chi connectivity index (χ1) is 11.1. The number of para-hydroxylation sites is 1. The summed E-state index contributed by atoms with van der Waals surface area (Å²) in [5.74, 6) is 0.280. The number of amides is 1. The molecule has 0 aliphatic carbocycles. The van der Waals surface area contributed by atoms with Gasteiger partial charge in [0.25, 0.3) is 0 Å². The van der Waals surface area contributed by atoms with Gasteiger partial charge in [-0.2, -0.15) is 0 Å². The summed E-state index contributed by atoms with van der Waals surface area (Å²) in [5.41, 5.74) is 3.15. The lowest BCUT2D eigenvalue weighted by Crippen LogP contribution is -2.16. The molecule has 5 nitrogen and oxygen atoms in total. The fraction of sp³-hybridized carbons (Fsp3) is 0.312. The Bertz CT molecular complexity index is 684. The van der Waals surface area contributed by atoms with Crippen molar-refractivity contribution < 1.29 is 4.79 Å². The Labute approximate surface area is 144 Å². The zero-order chi connectivity index (χ0) is 16.7. The number of carbonyl (C=O) groups is 1. The standard InChI is InChI=1S/C16H20N4OS2/c1-4-9-17-15-19-20-16(23-15)22-10-13(21)18-14-11(3)7-6-8-12(14)5-2/h4,6-8H,1,5,9-10H2,2-3H3,(H,17,19)(H,18,21). The van der Waals surface area contributed by atoms with Crippen LogP contribution in [0, 0.1) is 6.92 Å². The number of rotatable bonds is 8. The number of hydrogen-bond donors (Lipinski definition) is 2. The van der Waals surface area contributed by atoms with E-state index >= 15 is 0 Å². The van der Waals surface area contributed by atoms with Gasteiger partial charge in [0.2, 0.25) is 11.0 Å². The Morgan fingerprint density at radius 2 is 2.26 bits per heavy atom. The van der Waals surface area contributed by atoms with Crippen molar-refractivity contribution in [3.05, 3.63) is 42.0 Å². The molecule has 0 bridgehead atoms. The van der Waals surface area contributed by atoms with Gasteiger partial charge >= 0.3 is 0 Å². The summed E-state index contributed by atoms with van der Waals surface area (Å²) in [4.78, 5) is 12.2. The van der Waals surface area contributed by atoms with Gasteiger partial charge < -0.3 is 10.6 Å². The molecule has 0 saturated heterocycles. The lowest BCUT2D eigenvalue weighted by Gasteiger charge is -2.12. The van der Waals surface area contributed by atoms with Crippen LogP contribution < -0.4 is 10.6 Å². The van der Waals surface area contributed by atoms with Crippen molar-refractivity contribution in [2.75, 3.05) is 22.9 Å². The maximum atomic E-state index is 12.2. The zero-order valence-corrected chi connectivity index (χ0v) is 14.9. The minimum absolute atomic E-state index is 0.0326. The van der Waals surface area contributed by atoms with E-state index in [-0.39, 0.29) is 5.91 Å². The third-order valence-corrected chi connectivity index (χ3v) is 5.15. The second kappa shape index (κ2) is 8.69. The van der Waals surface area contributed by atoms with E-state index in [2.05, 4.69) is 34.3 Å². The summed E-state index contributed by atoms with van der Waals surface area (Å²) >= 11 is 2.82. The maximum Gasteiger partial charge on any atom is 0.234 e. The first-order valence-electron chi connectivity index (χ1n) is 7.33. The van der Waals surface area contributed by atoms with Crippen LogP contribution >= 0.6 is 23.1 Å². The smallest absolute Gasteiger partial charge is 0.234 e. The minimum atomic E-state index is -0.0326. The average molecular weight is 348 g/mol. The number of carbonyl (C=O) groups excluding carboxylic acids is 1. The van der Waals surface area contributed by atoms with Crippen LogP contribution in [0.25, 0.3) is 0 Å².